The first-order valence-corrected chi connectivity index (χ1v) is 6.89. The quantitative estimate of drug-likeness (QED) is 0.617. The Morgan fingerprint density at radius 3 is 2.86 bits per heavy atom. The van der Waals surface area contributed by atoms with E-state index in [1.165, 1.54) is 18.2 Å². The topological polar surface area (TPSA) is 64.3 Å². The molecule has 1 aromatic rings. The predicted molar refractivity (Wildman–Crippen MR) is 80.3 cm³/mol. The molecule has 1 rings (SSSR count). The zero-order valence-electron chi connectivity index (χ0n) is 12.4. The van der Waals surface area contributed by atoms with Crippen molar-refractivity contribution in [1.29, 1.82) is 0 Å². The summed E-state index contributed by atoms with van der Waals surface area (Å²) in [4.78, 5) is 11.8. The molecule has 3 N–H and O–H groups in total. The van der Waals surface area contributed by atoms with Crippen molar-refractivity contribution in [3.05, 3.63) is 35.1 Å². The van der Waals surface area contributed by atoms with E-state index >= 15 is 0 Å². The van der Waals surface area contributed by atoms with Crippen molar-refractivity contribution in [3.8, 4) is 11.8 Å². The fourth-order valence-electron chi connectivity index (χ4n) is 1.56. The van der Waals surface area contributed by atoms with Gasteiger partial charge < -0.3 is 15.8 Å². The third-order valence-corrected chi connectivity index (χ3v) is 2.54. The zero-order valence-corrected chi connectivity index (χ0v) is 12.4. The van der Waals surface area contributed by atoms with Gasteiger partial charge in [-0.1, -0.05) is 25.7 Å². The summed E-state index contributed by atoms with van der Waals surface area (Å²) >= 11 is 0. The summed E-state index contributed by atoms with van der Waals surface area (Å²) in [7, 11) is 0. The molecule has 0 atom stereocenters. The molecule has 21 heavy (non-hydrogen) atoms. The highest BCUT2D eigenvalue weighted by Crippen LogP contribution is 2.09. The molecule has 114 valence electrons. The van der Waals surface area contributed by atoms with E-state index in [1.807, 2.05) is 0 Å². The highest BCUT2D eigenvalue weighted by molar-refractivity contribution is 5.94. The first-order chi connectivity index (χ1) is 10.0. The molecule has 0 bridgehead atoms. The van der Waals surface area contributed by atoms with Crippen molar-refractivity contribution in [2.24, 2.45) is 11.7 Å². The van der Waals surface area contributed by atoms with E-state index in [-0.39, 0.29) is 23.6 Å². The van der Waals surface area contributed by atoms with Crippen LogP contribution in [-0.4, -0.2) is 32.2 Å². The van der Waals surface area contributed by atoms with E-state index in [0.29, 0.717) is 25.7 Å². The van der Waals surface area contributed by atoms with E-state index in [9.17, 15) is 9.18 Å². The van der Waals surface area contributed by atoms with Crippen LogP contribution in [0.4, 0.5) is 4.39 Å². The maximum Gasteiger partial charge on any atom is 0.251 e. The Kier molecular flexibility index (Phi) is 7.44. The van der Waals surface area contributed by atoms with Crippen LogP contribution in [0.3, 0.4) is 0 Å². The standard InChI is InChI=1S/C16H21FN2O2/c1-12(2)11-21-9-8-19-16(20)14-6-5-13(4-3-7-18)15(17)10-14/h5-6,10,12H,7-9,11,18H2,1-2H3,(H,19,20). The second-order valence-corrected chi connectivity index (χ2v) is 4.93. The van der Waals surface area contributed by atoms with Crippen LogP contribution in [0, 0.1) is 23.6 Å². The summed E-state index contributed by atoms with van der Waals surface area (Å²) in [5.74, 6) is 4.77. The van der Waals surface area contributed by atoms with Crippen LogP contribution >= 0.6 is 0 Å². The van der Waals surface area contributed by atoms with E-state index in [2.05, 4.69) is 31.0 Å². The third-order valence-electron chi connectivity index (χ3n) is 2.54. The molecule has 0 aliphatic carbocycles. The monoisotopic (exact) mass is 292 g/mol. The van der Waals surface area contributed by atoms with Crippen LogP contribution in [0.15, 0.2) is 18.2 Å². The Labute approximate surface area is 124 Å². The van der Waals surface area contributed by atoms with Crippen LogP contribution in [0.2, 0.25) is 0 Å². The summed E-state index contributed by atoms with van der Waals surface area (Å²) in [6.45, 7) is 5.75. The minimum Gasteiger partial charge on any atom is -0.379 e. The Morgan fingerprint density at radius 1 is 1.48 bits per heavy atom. The molecule has 1 amide bonds. The number of amides is 1. The van der Waals surface area contributed by atoms with E-state index in [0.717, 1.165) is 0 Å². The highest BCUT2D eigenvalue weighted by Gasteiger charge is 2.08. The van der Waals surface area contributed by atoms with Crippen molar-refractivity contribution in [3.63, 3.8) is 0 Å². The zero-order chi connectivity index (χ0) is 15.7. The molecule has 0 heterocycles. The molecular weight excluding hydrogens is 271 g/mol. The first-order valence-electron chi connectivity index (χ1n) is 6.89. The van der Waals surface area contributed by atoms with Gasteiger partial charge in [-0.2, -0.15) is 0 Å². The third kappa shape index (κ3) is 6.39. The van der Waals surface area contributed by atoms with Gasteiger partial charge >= 0.3 is 0 Å². The Morgan fingerprint density at radius 2 is 2.24 bits per heavy atom. The minimum atomic E-state index is -0.528. The molecule has 0 unspecified atom stereocenters. The summed E-state index contributed by atoms with van der Waals surface area (Å²) < 4.78 is 19.1. The molecule has 0 aromatic heterocycles. The number of hydrogen-bond donors (Lipinski definition) is 2. The van der Waals surface area contributed by atoms with E-state index in [1.54, 1.807) is 0 Å². The highest BCUT2D eigenvalue weighted by atomic mass is 19.1. The van der Waals surface area contributed by atoms with Gasteiger partial charge in [0.05, 0.1) is 18.7 Å². The Balaban J connectivity index is 2.49. The number of nitrogens with one attached hydrogen (secondary N) is 1. The molecule has 0 radical (unpaired) electrons. The van der Waals surface area contributed by atoms with E-state index in [4.69, 9.17) is 10.5 Å². The molecule has 0 saturated carbocycles. The van der Waals surface area contributed by atoms with Gasteiger partial charge in [0.1, 0.15) is 5.82 Å². The van der Waals surface area contributed by atoms with Crippen LogP contribution in [0.25, 0.3) is 0 Å². The second-order valence-electron chi connectivity index (χ2n) is 4.93. The van der Waals surface area contributed by atoms with Gasteiger partial charge in [-0.15, -0.1) is 0 Å². The Hall–Kier alpha value is -1.90. The summed E-state index contributed by atoms with van der Waals surface area (Å²) in [5, 5.41) is 2.68. The molecule has 0 aliphatic rings. The number of benzene rings is 1. The van der Waals surface area contributed by atoms with Crippen molar-refractivity contribution >= 4 is 5.91 Å². The lowest BCUT2D eigenvalue weighted by Crippen LogP contribution is -2.27. The lowest BCUT2D eigenvalue weighted by Gasteiger charge is -2.08. The van der Waals surface area contributed by atoms with Gasteiger partial charge in [0.2, 0.25) is 0 Å². The number of hydrogen-bond acceptors (Lipinski definition) is 3. The van der Waals surface area contributed by atoms with Gasteiger partial charge in [0.25, 0.3) is 5.91 Å². The van der Waals surface area contributed by atoms with Gasteiger partial charge in [-0.05, 0) is 24.1 Å². The summed E-state index contributed by atoms with van der Waals surface area (Å²) in [6.07, 6.45) is 0. The van der Waals surface area contributed by atoms with Gasteiger partial charge in [0, 0.05) is 18.7 Å². The molecule has 0 aliphatic heterocycles. The molecule has 0 saturated heterocycles. The van der Waals surface area contributed by atoms with Crippen LogP contribution < -0.4 is 11.1 Å². The predicted octanol–water partition coefficient (Wildman–Crippen LogP) is 1.54. The number of rotatable bonds is 6. The number of ether oxygens (including phenoxy) is 1. The van der Waals surface area contributed by atoms with Gasteiger partial charge in [-0.25, -0.2) is 4.39 Å². The lowest BCUT2D eigenvalue weighted by atomic mass is 10.1. The molecular formula is C16H21FN2O2. The molecule has 0 fully saturated rings. The maximum atomic E-state index is 13.7. The second kappa shape index (κ2) is 9.11. The molecule has 4 nitrogen and oxygen atoms in total. The van der Waals surface area contributed by atoms with Crippen molar-refractivity contribution in [1.82, 2.24) is 5.32 Å². The number of halogens is 1. The molecule has 5 heteroatoms. The molecule has 0 spiro atoms. The largest absolute Gasteiger partial charge is 0.379 e. The van der Waals surface area contributed by atoms with Crippen LogP contribution in [0.5, 0.6) is 0 Å². The van der Waals surface area contributed by atoms with Crippen LogP contribution in [0.1, 0.15) is 29.8 Å². The van der Waals surface area contributed by atoms with Crippen molar-refractivity contribution < 1.29 is 13.9 Å². The van der Waals surface area contributed by atoms with Crippen molar-refractivity contribution in [2.45, 2.75) is 13.8 Å². The SMILES string of the molecule is CC(C)COCCNC(=O)c1ccc(C#CCN)c(F)c1. The van der Waals surface area contributed by atoms with Crippen LogP contribution in [-0.2, 0) is 4.74 Å². The summed E-state index contributed by atoms with van der Waals surface area (Å²) in [6, 6.07) is 4.18. The molecule has 1 aromatic carbocycles. The lowest BCUT2D eigenvalue weighted by molar-refractivity contribution is 0.0886. The number of carbonyl (C=O) groups is 1. The van der Waals surface area contributed by atoms with Gasteiger partial charge in [-0.3, -0.25) is 4.79 Å². The van der Waals surface area contributed by atoms with E-state index < -0.39 is 5.82 Å². The fraction of sp³-hybridized carbons (Fsp3) is 0.438. The fourth-order valence-corrected chi connectivity index (χ4v) is 1.56. The smallest absolute Gasteiger partial charge is 0.251 e. The average molecular weight is 292 g/mol. The number of carbonyl (C=O) groups excluding carboxylic acids is 1. The minimum absolute atomic E-state index is 0.165. The Bertz CT molecular complexity index is 533. The normalized spacial score (nSPS) is 10.1. The average Bonchev–Trinajstić information content (AvgIpc) is 2.45. The first kappa shape index (κ1) is 17.2. The number of nitrogens with two attached hydrogens (primary N) is 1. The summed E-state index contributed by atoms with van der Waals surface area (Å²) in [5.41, 5.74) is 5.72. The maximum absolute atomic E-state index is 13.7. The van der Waals surface area contributed by atoms with Gasteiger partial charge in [0.15, 0.2) is 0 Å². The van der Waals surface area contributed by atoms with Crippen molar-refractivity contribution in [2.75, 3.05) is 26.3 Å².